The molecule has 0 aliphatic heterocycles. The third kappa shape index (κ3) is 5.85. The minimum absolute atomic E-state index is 0.0863. The second kappa shape index (κ2) is 7.78. The highest BCUT2D eigenvalue weighted by Crippen LogP contribution is 2.11. The molecule has 0 heterocycles. The first-order valence-corrected chi connectivity index (χ1v) is 5.93. The minimum Gasteiger partial charge on any atom is -0.481 e. The molecule has 0 aliphatic rings. The summed E-state index contributed by atoms with van der Waals surface area (Å²) in [5, 5.41) is 13.7. The number of aliphatic carboxylic acids is 1. The van der Waals surface area contributed by atoms with Crippen molar-refractivity contribution in [3.05, 3.63) is 29.8 Å². The quantitative estimate of drug-likeness (QED) is 0.674. The van der Waals surface area contributed by atoms with Crippen molar-refractivity contribution in [2.45, 2.75) is 12.8 Å². The van der Waals surface area contributed by atoms with Gasteiger partial charge in [-0.3, -0.25) is 9.59 Å². The number of amides is 2. The predicted molar refractivity (Wildman–Crippen MR) is 71.4 cm³/mol. The summed E-state index contributed by atoms with van der Waals surface area (Å²) in [7, 11) is 1.27. The fourth-order valence-electron chi connectivity index (χ4n) is 1.49. The van der Waals surface area contributed by atoms with Crippen molar-refractivity contribution in [2.75, 3.05) is 19.0 Å². The zero-order valence-electron chi connectivity index (χ0n) is 11.0. The van der Waals surface area contributed by atoms with E-state index in [9.17, 15) is 14.4 Å². The van der Waals surface area contributed by atoms with Crippen LogP contribution in [0.1, 0.15) is 12.0 Å². The van der Waals surface area contributed by atoms with Gasteiger partial charge in [-0.1, -0.05) is 12.1 Å². The molecule has 7 heteroatoms. The maximum Gasteiger partial charge on any atom is 0.319 e. The Morgan fingerprint density at radius 3 is 2.70 bits per heavy atom. The number of carbonyl (C=O) groups excluding carboxylic acids is 2. The monoisotopic (exact) mass is 280 g/mol. The lowest BCUT2D eigenvalue weighted by Gasteiger charge is -2.08. The average molecular weight is 280 g/mol. The number of methoxy groups -OCH3 is 1. The van der Waals surface area contributed by atoms with Gasteiger partial charge in [0.2, 0.25) is 0 Å². The van der Waals surface area contributed by atoms with Gasteiger partial charge in [-0.05, 0) is 17.7 Å². The zero-order valence-corrected chi connectivity index (χ0v) is 11.0. The second-order valence-corrected chi connectivity index (χ2v) is 3.98. The number of hydrogen-bond acceptors (Lipinski definition) is 4. The number of nitrogens with one attached hydrogen (secondary N) is 2. The van der Waals surface area contributed by atoms with Gasteiger partial charge in [0.15, 0.2) is 0 Å². The summed E-state index contributed by atoms with van der Waals surface area (Å²) in [6.45, 7) is 0.160. The third-order valence-corrected chi connectivity index (χ3v) is 2.38. The Balaban J connectivity index is 2.45. The number of esters is 1. The molecular weight excluding hydrogens is 264 g/mol. The fraction of sp³-hybridized carbons (Fsp3) is 0.308. The number of urea groups is 1. The van der Waals surface area contributed by atoms with Gasteiger partial charge in [-0.15, -0.1) is 0 Å². The van der Waals surface area contributed by atoms with E-state index in [1.165, 1.54) is 7.11 Å². The Morgan fingerprint density at radius 1 is 1.30 bits per heavy atom. The van der Waals surface area contributed by atoms with Crippen molar-refractivity contribution in [3.63, 3.8) is 0 Å². The van der Waals surface area contributed by atoms with E-state index in [-0.39, 0.29) is 19.4 Å². The number of ether oxygens (including phenoxy) is 1. The molecule has 0 bridgehead atoms. The predicted octanol–water partition coefficient (Wildman–Crippen LogP) is 0.998. The number of benzene rings is 1. The van der Waals surface area contributed by atoms with Crippen molar-refractivity contribution < 1.29 is 24.2 Å². The molecule has 0 aliphatic carbocycles. The maximum absolute atomic E-state index is 11.5. The van der Waals surface area contributed by atoms with Gasteiger partial charge < -0.3 is 20.5 Å². The van der Waals surface area contributed by atoms with Crippen molar-refractivity contribution in [1.29, 1.82) is 0 Å². The highest BCUT2D eigenvalue weighted by Gasteiger charge is 2.05. The molecule has 108 valence electrons. The summed E-state index contributed by atoms with van der Waals surface area (Å²) in [5.41, 5.74) is 1.07. The summed E-state index contributed by atoms with van der Waals surface area (Å²) < 4.78 is 4.44. The molecular formula is C13H16N2O5. The number of carbonyl (C=O) groups is 3. The molecule has 0 saturated heterocycles. The van der Waals surface area contributed by atoms with E-state index in [1.807, 2.05) is 0 Å². The van der Waals surface area contributed by atoms with Crippen LogP contribution in [0.25, 0.3) is 0 Å². The first kappa shape index (κ1) is 15.5. The Morgan fingerprint density at radius 2 is 2.05 bits per heavy atom. The molecule has 0 radical (unpaired) electrons. The van der Waals surface area contributed by atoms with Crippen LogP contribution in [0.2, 0.25) is 0 Å². The largest absolute Gasteiger partial charge is 0.481 e. The normalized spacial score (nSPS) is 9.65. The molecule has 7 nitrogen and oxygen atoms in total. The van der Waals surface area contributed by atoms with Gasteiger partial charge in [0.25, 0.3) is 0 Å². The van der Waals surface area contributed by atoms with Crippen molar-refractivity contribution in [2.24, 2.45) is 0 Å². The first-order valence-electron chi connectivity index (χ1n) is 5.93. The molecule has 0 atom stereocenters. The molecule has 0 aromatic heterocycles. The van der Waals surface area contributed by atoms with Crippen molar-refractivity contribution in [3.8, 4) is 0 Å². The lowest BCUT2D eigenvalue weighted by atomic mass is 10.1. The molecule has 1 aromatic rings. The topological polar surface area (TPSA) is 105 Å². The Kier molecular flexibility index (Phi) is 6.02. The van der Waals surface area contributed by atoms with Crippen LogP contribution in [-0.4, -0.2) is 36.7 Å². The van der Waals surface area contributed by atoms with Crippen molar-refractivity contribution >= 4 is 23.7 Å². The average Bonchev–Trinajstić information content (AvgIpc) is 2.38. The van der Waals surface area contributed by atoms with Crippen LogP contribution in [0.5, 0.6) is 0 Å². The van der Waals surface area contributed by atoms with E-state index >= 15 is 0 Å². The summed E-state index contributed by atoms with van der Waals surface area (Å²) >= 11 is 0. The molecule has 20 heavy (non-hydrogen) atoms. The summed E-state index contributed by atoms with van der Waals surface area (Å²) in [4.78, 5) is 33.0. The number of hydrogen-bond donors (Lipinski definition) is 3. The number of anilines is 1. The molecule has 3 N–H and O–H groups in total. The van der Waals surface area contributed by atoms with E-state index in [1.54, 1.807) is 24.3 Å². The van der Waals surface area contributed by atoms with Crippen LogP contribution in [0.15, 0.2) is 24.3 Å². The van der Waals surface area contributed by atoms with Gasteiger partial charge >= 0.3 is 18.0 Å². The molecule has 0 saturated carbocycles. The lowest BCUT2D eigenvalue weighted by Crippen LogP contribution is -2.30. The third-order valence-electron chi connectivity index (χ3n) is 2.38. The second-order valence-electron chi connectivity index (χ2n) is 3.98. The highest BCUT2D eigenvalue weighted by atomic mass is 16.5. The minimum atomic E-state index is -0.940. The number of carboxylic acids is 1. The van der Waals surface area contributed by atoms with Crippen LogP contribution in [-0.2, 0) is 20.7 Å². The van der Waals surface area contributed by atoms with Gasteiger partial charge in [0.05, 0.1) is 20.0 Å². The number of rotatable bonds is 6. The molecule has 2 amide bonds. The van der Waals surface area contributed by atoms with E-state index in [2.05, 4.69) is 15.4 Å². The molecule has 0 spiro atoms. The summed E-state index contributed by atoms with van der Waals surface area (Å²) in [6.07, 6.45) is -0.0253. The van der Waals surface area contributed by atoms with E-state index in [0.29, 0.717) is 11.3 Å². The maximum atomic E-state index is 11.5. The number of carboxylic acid groups (broad SMARTS) is 1. The van der Waals surface area contributed by atoms with Crippen LogP contribution in [0, 0.1) is 0 Å². The Bertz CT molecular complexity index is 501. The van der Waals surface area contributed by atoms with Crippen LogP contribution < -0.4 is 10.6 Å². The Labute approximate surface area is 115 Å². The van der Waals surface area contributed by atoms with Crippen LogP contribution >= 0.6 is 0 Å². The summed E-state index contributed by atoms with van der Waals surface area (Å²) in [5.74, 6) is -1.35. The molecule has 0 fully saturated rings. The molecule has 1 aromatic carbocycles. The fourth-order valence-corrected chi connectivity index (χ4v) is 1.49. The highest BCUT2D eigenvalue weighted by molar-refractivity contribution is 5.89. The van der Waals surface area contributed by atoms with Crippen LogP contribution in [0.3, 0.4) is 0 Å². The first-order chi connectivity index (χ1) is 9.51. The van der Waals surface area contributed by atoms with Crippen molar-refractivity contribution in [1.82, 2.24) is 5.32 Å². The van der Waals surface area contributed by atoms with Gasteiger partial charge in [-0.2, -0.15) is 0 Å². The smallest absolute Gasteiger partial charge is 0.319 e. The summed E-state index contributed by atoms with van der Waals surface area (Å²) in [6, 6.07) is 6.07. The van der Waals surface area contributed by atoms with E-state index in [0.717, 1.165) is 0 Å². The Hall–Kier alpha value is -2.57. The van der Waals surface area contributed by atoms with E-state index in [4.69, 9.17) is 5.11 Å². The van der Waals surface area contributed by atoms with Crippen LogP contribution in [0.4, 0.5) is 10.5 Å². The zero-order chi connectivity index (χ0) is 15.0. The molecule has 1 rings (SSSR count). The van der Waals surface area contributed by atoms with Gasteiger partial charge in [0, 0.05) is 12.2 Å². The lowest BCUT2D eigenvalue weighted by molar-refractivity contribution is -0.140. The van der Waals surface area contributed by atoms with Gasteiger partial charge in [-0.25, -0.2) is 4.79 Å². The van der Waals surface area contributed by atoms with E-state index < -0.39 is 18.0 Å². The molecule has 0 unspecified atom stereocenters. The van der Waals surface area contributed by atoms with Gasteiger partial charge in [0.1, 0.15) is 0 Å². The SMILES string of the molecule is COC(=O)CCNC(=O)Nc1cccc(CC(=O)O)c1. The standard InChI is InChI=1S/C13H16N2O5/c1-20-12(18)5-6-14-13(19)15-10-4-2-3-9(7-10)8-11(16)17/h2-4,7H,5-6,8H2,1H3,(H,16,17)(H2,14,15,19).